The number of carboxylic acid groups (broad SMARTS) is 1. The SMILES string of the molecule is CC(C)(COc1ccc(Cl)cc1CN)C(=O)O. The van der Waals surface area contributed by atoms with E-state index >= 15 is 0 Å². The van der Waals surface area contributed by atoms with E-state index in [2.05, 4.69) is 0 Å². The van der Waals surface area contributed by atoms with Crippen LogP contribution in [-0.2, 0) is 11.3 Å². The number of carboxylic acids is 1. The Bertz CT molecular complexity index is 418. The summed E-state index contributed by atoms with van der Waals surface area (Å²) in [6.45, 7) is 3.58. The van der Waals surface area contributed by atoms with Gasteiger partial charge < -0.3 is 15.6 Å². The predicted octanol–water partition coefficient (Wildman–Crippen LogP) is 2.29. The van der Waals surface area contributed by atoms with Gasteiger partial charge in [-0.05, 0) is 32.0 Å². The van der Waals surface area contributed by atoms with Gasteiger partial charge >= 0.3 is 5.97 Å². The number of aliphatic carboxylic acids is 1. The van der Waals surface area contributed by atoms with Gasteiger partial charge in [0.05, 0.1) is 5.41 Å². The van der Waals surface area contributed by atoms with Crippen molar-refractivity contribution < 1.29 is 14.6 Å². The zero-order chi connectivity index (χ0) is 13.1. The summed E-state index contributed by atoms with van der Waals surface area (Å²) < 4.78 is 5.49. The van der Waals surface area contributed by atoms with Gasteiger partial charge in [0.1, 0.15) is 12.4 Å². The van der Waals surface area contributed by atoms with Gasteiger partial charge in [-0.15, -0.1) is 0 Å². The third kappa shape index (κ3) is 3.61. The number of halogens is 1. The van der Waals surface area contributed by atoms with Gasteiger partial charge in [0.15, 0.2) is 0 Å². The lowest BCUT2D eigenvalue weighted by Crippen LogP contribution is -2.30. The Labute approximate surface area is 105 Å². The van der Waals surface area contributed by atoms with Gasteiger partial charge in [0, 0.05) is 17.1 Å². The van der Waals surface area contributed by atoms with E-state index in [0.29, 0.717) is 17.3 Å². The van der Waals surface area contributed by atoms with Crippen LogP contribution in [-0.4, -0.2) is 17.7 Å². The van der Waals surface area contributed by atoms with E-state index in [9.17, 15) is 4.79 Å². The zero-order valence-electron chi connectivity index (χ0n) is 9.87. The summed E-state index contributed by atoms with van der Waals surface area (Å²) >= 11 is 5.83. The summed E-state index contributed by atoms with van der Waals surface area (Å²) in [7, 11) is 0. The van der Waals surface area contributed by atoms with Crippen LogP contribution in [0.4, 0.5) is 0 Å². The maximum absolute atomic E-state index is 10.9. The molecule has 0 radical (unpaired) electrons. The van der Waals surface area contributed by atoms with E-state index in [1.54, 1.807) is 32.0 Å². The highest BCUT2D eigenvalue weighted by molar-refractivity contribution is 6.30. The molecule has 0 heterocycles. The van der Waals surface area contributed by atoms with Crippen molar-refractivity contribution >= 4 is 17.6 Å². The fourth-order valence-corrected chi connectivity index (χ4v) is 1.36. The second-order valence-electron chi connectivity index (χ2n) is 4.43. The second kappa shape index (κ2) is 5.38. The van der Waals surface area contributed by atoms with Gasteiger partial charge in [-0.3, -0.25) is 4.79 Å². The van der Waals surface area contributed by atoms with E-state index in [1.807, 2.05) is 0 Å². The van der Waals surface area contributed by atoms with Crippen molar-refractivity contribution in [3.63, 3.8) is 0 Å². The molecule has 0 saturated carbocycles. The number of hydrogen-bond donors (Lipinski definition) is 2. The smallest absolute Gasteiger partial charge is 0.312 e. The maximum Gasteiger partial charge on any atom is 0.312 e. The molecule has 0 atom stereocenters. The average Bonchev–Trinajstić information content (AvgIpc) is 2.27. The standard InChI is InChI=1S/C12H16ClNO3/c1-12(2,11(15)16)7-17-10-4-3-9(13)5-8(10)6-14/h3-5H,6-7,14H2,1-2H3,(H,15,16). The molecule has 0 spiro atoms. The topological polar surface area (TPSA) is 72.5 Å². The van der Waals surface area contributed by atoms with Crippen molar-refractivity contribution in [3.05, 3.63) is 28.8 Å². The summed E-state index contributed by atoms with van der Waals surface area (Å²) in [5, 5.41) is 9.54. The fraction of sp³-hybridized carbons (Fsp3) is 0.417. The summed E-state index contributed by atoms with van der Waals surface area (Å²) in [6.07, 6.45) is 0. The van der Waals surface area contributed by atoms with Gasteiger partial charge in [0.25, 0.3) is 0 Å². The van der Waals surface area contributed by atoms with Crippen LogP contribution in [0.3, 0.4) is 0 Å². The number of ether oxygens (including phenoxy) is 1. The molecule has 0 amide bonds. The molecule has 0 aromatic heterocycles. The first-order chi connectivity index (χ1) is 7.86. The molecule has 4 nitrogen and oxygen atoms in total. The third-order valence-corrected chi connectivity index (χ3v) is 2.65. The van der Waals surface area contributed by atoms with Crippen molar-refractivity contribution in [3.8, 4) is 5.75 Å². The minimum absolute atomic E-state index is 0.0803. The summed E-state index contributed by atoms with van der Waals surface area (Å²) in [6, 6.07) is 5.09. The molecule has 0 aliphatic heterocycles. The van der Waals surface area contributed by atoms with E-state index in [4.69, 9.17) is 27.2 Å². The van der Waals surface area contributed by atoms with Crippen LogP contribution in [0.5, 0.6) is 5.75 Å². The molecule has 1 aromatic carbocycles. The summed E-state index contributed by atoms with van der Waals surface area (Å²) in [5.74, 6) is -0.327. The molecule has 0 fully saturated rings. The van der Waals surface area contributed by atoms with Gasteiger partial charge in [-0.2, -0.15) is 0 Å². The number of rotatable bonds is 5. The van der Waals surface area contributed by atoms with Crippen LogP contribution < -0.4 is 10.5 Å². The quantitative estimate of drug-likeness (QED) is 0.849. The summed E-state index contributed by atoms with van der Waals surface area (Å²) in [4.78, 5) is 10.9. The Balaban J connectivity index is 2.79. The fourth-order valence-electron chi connectivity index (χ4n) is 1.17. The van der Waals surface area contributed by atoms with Crippen molar-refractivity contribution in [1.29, 1.82) is 0 Å². The minimum Gasteiger partial charge on any atom is -0.492 e. The Morgan fingerprint density at radius 1 is 1.53 bits per heavy atom. The highest BCUT2D eigenvalue weighted by Gasteiger charge is 2.28. The molecule has 0 aliphatic rings. The lowest BCUT2D eigenvalue weighted by Gasteiger charge is -2.20. The lowest BCUT2D eigenvalue weighted by atomic mass is 9.95. The number of carbonyl (C=O) groups is 1. The Hall–Kier alpha value is -1.26. The van der Waals surface area contributed by atoms with Crippen molar-refractivity contribution in [1.82, 2.24) is 0 Å². The van der Waals surface area contributed by atoms with Crippen molar-refractivity contribution in [2.45, 2.75) is 20.4 Å². The van der Waals surface area contributed by atoms with Crippen molar-refractivity contribution in [2.24, 2.45) is 11.1 Å². The van der Waals surface area contributed by atoms with Gasteiger partial charge in [-0.25, -0.2) is 0 Å². The van der Waals surface area contributed by atoms with Crippen LogP contribution in [0.15, 0.2) is 18.2 Å². The number of nitrogens with two attached hydrogens (primary N) is 1. The largest absolute Gasteiger partial charge is 0.492 e. The second-order valence-corrected chi connectivity index (χ2v) is 4.87. The highest BCUT2D eigenvalue weighted by Crippen LogP contribution is 2.25. The monoisotopic (exact) mass is 257 g/mol. The zero-order valence-corrected chi connectivity index (χ0v) is 10.6. The molecule has 0 unspecified atom stereocenters. The average molecular weight is 258 g/mol. The Morgan fingerprint density at radius 3 is 2.71 bits per heavy atom. The van der Waals surface area contributed by atoms with Gasteiger partial charge in [-0.1, -0.05) is 11.6 Å². The minimum atomic E-state index is -0.939. The van der Waals surface area contributed by atoms with E-state index in [1.165, 1.54) is 0 Å². The number of hydrogen-bond acceptors (Lipinski definition) is 3. The van der Waals surface area contributed by atoms with Crippen LogP contribution in [0.2, 0.25) is 5.02 Å². The van der Waals surface area contributed by atoms with E-state index < -0.39 is 11.4 Å². The van der Waals surface area contributed by atoms with Crippen LogP contribution in [0.1, 0.15) is 19.4 Å². The molecule has 17 heavy (non-hydrogen) atoms. The van der Waals surface area contributed by atoms with Crippen LogP contribution in [0.25, 0.3) is 0 Å². The van der Waals surface area contributed by atoms with Crippen LogP contribution in [0, 0.1) is 5.41 Å². The molecule has 0 saturated heterocycles. The third-order valence-electron chi connectivity index (χ3n) is 2.41. The molecular weight excluding hydrogens is 242 g/mol. The molecular formula is C12H16ClNO3. The number of benzene rings is 1. The molecule has 1 aromatic rings. The molecule has 5 heteroatoms. The first kappa shape index (κ1) is 13.8. The Kier molecular flexibility index (Phi) is 4.37. The lowest BCUT2D eigenvalue weighted by molar-refractivity contribution is -0.148. The first-order valence-corrected chi connectivity index (χ1v) is 5.59. The molecule has 1 rings (SSSR count). The van der Waals surface area contributed by atoms with Crippen molar-refractivity contribution in [2.75, 3.05) is 6.61 Å². The first-order valence-electron chi connectivity index (χ1n) is 5.21. The maximum atomic E-state index is 10.9. The highest BCUT2D eigenvalue weighted by atomic mass is 35.5. The molecule has 3 N–H and O–H groups in total. The molecule has 0 aliphatic carbocycles. The van der Waals surface area contributed by atoms with E-state index in [-0.39, 0.29) is 6.61 Å². The normalized spacial score (nSPS) is 11.3. The molecule has 0 bridgehead atoms. The Morgan fingerprint density at radius 2 is 2.18 bits per heavy atom. The predicted molar refractivity (Wildman–Crippen MR) is 66.3 cm³/mol. The van der Waals surface area contributed by atoms with Crippen LogP contribution >= 0.6 is 11.6 Å². The summed E-state index contributed by atoms with van der Waals surface area (Å²) in [5.41, 5.74) is 5.39. The van der Waals surface area contributed by atoms with Gasteiger partial charge in [0.2, 0.25) is 0 Å². The molecule has 94 valence electrons. The van der Waals surface area contributed by atoms with E-state index in [0.717, 1.165) is 5.56 Å².